The summed E-state index contributed by atoms with van der Waals surface area (Å²) in [5.74, 6) is 0.437. The second kappa shape index (κ2) is 9.39. The first-order chi connectivity index (χ1) is 12.9. The van der Waals surface area contributed by atoms with Crippen LogP contribution in [0, 0.1) is 5.41 Å². The van der Waals surface area contributed by atoms with Gasteiger partial charge in [-0.2, -0.15) is 0 Å². The summed E-state index contributed by atoms with van der Waals surface area (Å²) in [7, 11) is 3.63. The van der Waals surface area contributed by atoms with E-state index in [4.69, 9.17) is 5.73 Å². The van der Waals surface area contributed by atoms with E-state index < -0.39 is 5.91 Å². The molecule has 2 rings (SSSR count). The van der Waals surface area contributed by atoms with Gasteiger partial charge in [0.2, 0.25) is 11.8 Å². The van der Waals surface area contributed by atoms with Crippen molar-refractivity contribution in [3.05, 3.63) is 35.4 Å². The van der Waals surface area contributed by atoms with Crippen LogP contribution in [0.15, 0.2) is 29.3 Å². The summed E-state index contributed by atoms with van der Waals surface area (Å²) in [6.07, 6.45) is 3.98. The van der Waals surface area contributed by atoms with Crippen LogP contribution in [-0.2, 0) is 11.3 Å². The van der Waals surface area contributed by atoms with Gasteiger partial charge in [-0.1, -0.05) is 25.0 Å². The molecule has 1 saturated carbocycles. The minimum atomic E-state index is -0.438. The minimum Gasteiger partial charge on any atom is -0.366 e. The molecule has 7 nitrogen and oxygen atoms in total. The number of primary amides is 1. The molecule has 0 bridgehead atoms. The Kier molecular flexibility index (Phi) is 7.21. The molecule has 27 heavy (non-hydrogen) atoms. The van der Waals surface area contributed by atoms with Crippen molar-refractivity contribution in [1.82, 2.24) is 15.5 Å². The normalized spacial score (nSPS) is 16.0. The van der Waals surface area contributed by atoms with Gasteiger partial charge in [0, 0.05) is 32.7 Å². The van der Waals surface area contributed by atoms with Crippen molar-refractivity contribution in [3.8, 4) is 0 Å². The predicted molar refractivity (Wildman–Crippen MR) is 107 cm³/mol. The Morgan fingerprint density at radius 3 is 2.30 bits per heavy atom. The maximum atomic E-state index is 12.7. The maximum Gasteiger partial charge on any atom is 0.248 e. The molecule has 1 aliphatic carbocycles. The first-order valence-corrected chi connectivity index (χ1v) is 9.50. The third-order valence-corrected chi connectivity index (χ3v) is 5.02. The van der Waals surface area contributed by atoms with Crippen molar-refractivity contribution in [2.24, 2.45) is 16.1 Å². The lowest BCUT2D eigenvalue weighted by Crippen LogP contribution is -2.49. The number of carbonyl (C=O) groups is 2. The minimum absolute atomic E-state index is 0.186. The van der Waals surface area contributed by atoms with Gasteiger partial charge in [-0.05, 0) is 37.5 Å². The van der Waals surface area contributed by atoms with Gasteiger partial charge in [0.25, 0.3) is 0 Å². The molecule has 0 radical (unpaired) electrons. The van der Waals surface area contributed by atoms with Gasteiger partial charge >= 0.3 is 0 Å². The van der Waals surface area contributed by atoms with Gasteiger partial charge in [0.15, 0.2) is 5.96 Å². The van der Waals surface area contributed by atoms with Crippen LogP contribution >= 0.6 is 0 Å². The summed E-state index contributed by atoms with van der Waals surface area (Å²) < 4.78 is 0. The molecule has 0 atom stereocenters. The molecule has 2 amide bonds. The Morgan fingerprint density at radius 1 is 1.15 bits per heavy atom. The Bertz CT molecular complexity index is 676. The van der Waals surface area contributed by atoms with Crippen LogP contribution in [0.2, 0.25) is 0 Å². The Labute approximate surface area is 161 Å². The second-order valence-corrected chi connectivity index (χ2v) is 7.30. The van der Waals surface area contributed by atoms with Crippen molar-refractivity contribution in [1.29, 1.82) is 0 Å². The number of hydrogen-bond donors (Lipinski definition) is 3. The van der Waals surface area contributed by atoms with Gasteiger partial charge in [-0.3, -0.25) is 9.59 Å². The van der Waals surface area contributed by atoms with Gasteiger partial charge in [-0.15, -0.1) is 0 Å². The smallest absolute Gasteiger partial charge is 0.248 e. The molecule has 1 fully saturated rings. The number of hydrogen-bond acceptors (Lipinski definition) is 3. The second-order valence-electron chi connectivity index (χ2n) is 7.30. The van der Waals surface area contributed by atoms with Crippen LogP contribution in [0.3, 0.4) is 0 Å². The molecule has 1 aliphatic rings. The molecule has 0 unspecified atom stereocenters. The number of rotatable bonds is 7. The van der Waals surface area contributed by atoms with E-state index in [1.807, 2.05) is 33.2 Å². The molecule has 0 spiro atoms. The maximum absolute atomic E-state index is 12.7. The average Bonchev–Trinajstić information content (AvgIpc) is 3.13. The van der Waals surface area contributed by atoms with Crippen molar-refractivity contribution in [2.75, 3.05) is 27.2 Å². The third kappa shape index (κ3) is 5.45. The van der Waals surface area contributed by atoms with E-state index in [9.17, 15) is 9.59 Å². The Hall–Kier alpha value is -2.57. The standard InChI is InChI=1S/C20H31N5O2/c1-4-22-19(23-13-15-7-9-16(10-8-15)17(21)26)24-14-20(11-5-6-12-20)18(27)25(2)3/h7-10H,4-6,11-14H2,1-3H3,(H2,21,26)(H2,22,23,24). The average molecular weight is 374 g/mol. The Morgan fingerprint density at radius 2 is 1.78 bits per heavy atom. The molecule has 0 heterocycles. The van der Waals surface area contributed by atoms with Gasteiger partial charge in [-0.25, -0.2) is 4.99 Å². The summed E-state index contributed by atoms with van der Waals surface area (Å²) in [6.45, 7) is 3.80. The molecule has 0 saturated heterocycles. The van der Waals surface area contributed by atoms with E-state index in [1.165, 1.54) is 0 Å². The van der Waals surface area contributed by atoms with E-state index in [0.29, 0.717) is 24.6 Å². The number of nitrogens with one attached hydrogen (secondary N) is 2. The van der Waals surface area contributed by atoms with Crippen molar-refractivity contribution < 1.29 is 9.59 Å². The highest BCUT2D eigenvalue weighted by atomic mass is 16.2. The molecule has 1 aromatic carbocycles. The quantitative estimate of drug-likeness (QED) is 0.498. The first-order valence-electron chi connectivity index (χ1n) is 9.50. The van der Waals surface area contributed by atoms with Gasteiger partial charge in [0.05, 0.1) is 12.0 Å². The number of aliphatic imine (C=N–C) groups is 1. The number of amides is 2. The zero-order valence-electron chi connectivity index (χ0n) is 16.5. The highest BCUT2D eigenvalue weighted by Crippen LogP contribution is 2.38. The molecule has 0 aromatic heterocycles. The van der Waals surface area contributed by atoms with Crippen molar-refractivity contribution in [3.63, 3.8) is 0 Å². The zero-order chi connectivity index (χ0) is 19.9. The predicted octanol–water partition coefficient (Wildman–Crippen LogP) is 1.49. The zero-order valence-corrected chi connectivity index (χ0v) is 16.5. The summed E-state index contributed by atoms with van der Waals surface area (Å²) in [4.78, 5) is 30.1. The van der Waals surface area contributed by atoms with E-state index in [2.05, 4.69) is 15.6 Å². The molecule has 4 N–H and O–H groups in total. The first kappa shape index (κ1) is 20.7. The van der Waals surface area contributed by atoms with Crippen LogP contribution in [0.1, 0.15) is 48.5 Å². The molecule has 1 aromatic rings. The summed E-state index contributed by atoms with van der Waals surface area (Å²) in [5.41, 5.74) is 6.39. The van der Waals surface area contributed by atoms with Crippen LogP contribution in [-0.4, -0.2) is 49.9 Å². The number of nitrogens with two attached hydrogens (primary N) is 1. The summed E-state index contributed by atoms with van der Waals surface area (Å²) in [6, 6.07) is 7.11. The lowest BCUT2D eigenvalue weighted by molar-refractivity contribution is -0.138. The van der Waals surface area contributed by atoms with Gasteiger partial charge < -0.3 is 21.3 Å². The molecule has 0 aliphatic heterocycles. The van der Waals surface area contributed by atoms with Crippen LogP contribution in [0.5, 0.6) is 0 Å². The van der Waals surface area contributed by atoms with Gasteiger partial charge in [0.1, 0.15) is 0 Å². The number of carbonyl (C=O) groups excluding carboxylic acids is 2. The van der Waals surface area contributed by atoms with Crippen LogP contribution < -0.4 is 16.4 Å². The van der Waals surface area contributed by atoms with Crippen molar-refractivity contribution in [2.45, 2.75) is 39.2 Å². The third-order valence-electron chi connectivity index (χ3n) is 5.02. The molecular weight excluding hydrogens is 342 g/mol. The number of guanidine groups is 1. The van der Waals surface area contributed by atoms with E-state index in [-0.39, 0.29) is 11.3 Å². The molecule has 7 heteroatoms. The number of benzene rings is 1. The highest BCUT2D eigenvalue weighted by Gasteiger charge is 2.42. The summed E-state index contributed by atoms with van der Waals surface area (Å²) >= 11 is 0. The highest BCUT2D eigenvalue weighted by molar-refractivity contribution is 5.92. The fourth-order valence-electron chi connectivity index (χ4n) is 3.53. The van der Waals surface area contributed by atoms with E-state index >= 15 is 0 Å². The fraction of sp³-hybridized carbons (Fsp3) is 0.550. The molecule has 148 valence electrons. The van der Waals surface area contributed by atoms with E-state index in [0.717, 1.165) is 37.8 Å². The monoisotopic (exact) mass is 373 g/mol. The SMILES string of the molecule is CCNC(=NCc1ccc(C(N)=O)cc1)NCC1(C(=O)N(C)C)CCCC1. The lowest BCUT2D eigenvalue weighted by atomic mass is 9.84. The van der Waals surface area contributed by atoms with E-state index in [1.54, 1.807) is 17.0 Å². The fourth-order valence-corrected chi connectivity index (χ4v) is 3.53. The van der Waals surface area contributed by atoms with Crippen molar-refractivity contribution >= 4 is 17.8 Å². The summed E-state index contributed by atoms with van der Waals surface area (Å²) in [5, 5.41) is 6.59. The topological polar surface area (TPSA) is 99.8 Å². The molecular formula is C20H31N5O2. The van der Waals surface area contributed by atoms with Crippen LogP contribution in [0.4, 0.5) is 0 Å². The number of nitrogens with zero attached hydrogens (tertiary/aromatic N) is 2. The van der Waals surface area contributed by atoms with Crippen LogP contribution in [0.25, 0.3) is 0 Å². The lowest BCUT2D eigenvalue weighted by Gasteiger charge is -2.31. The Balaban J connectivity index is 2.04. The largest absolute Gasteiger partial charge is 0.366 e.